The lowest BCUT2D eigenvalue weighted by atomic mass is 10.1. The largest absolute Gasteiger partial charge is 0.337 e. The number of hydrogen-bond acceptors (Lipinski definition) is 4. The summed E-state index contributed by atoms with van der Waals surface area (Å²) in [5.41, 5.74) is 0.467. The molecule has 6 nitrogen and oxygen atoms in total. The number of nitrogens with zero attached hydrogens (tertiary/aromatic N) is 4. The maximum atomic E-state index is 12.3. The Morgan fingerprint density at radius 1 is 1.20 bits per heavy atom. The van der Waals surface area contributed by atoms with E-state index in [9.17, 15) is 9.59 Å². The van der Waals surface area contributed by atoms with Crippen LogP contribution in [-0.4, -0.2) is 59.9 Å². The molecule has 20 heavy (non-hydrogen) atoms. The van der Waals surface area contributed by atoms with Crippen molar-refractivity contribution in [1.29, 1.82) is 0 Å². The van der Waals surface area contributed by atoms with Crippen LogP contribution in [0.15, 0.2) is 5.38 Å². The third-order valence-corrected chi connectivity index (χ3v) is 4.67. The SMILES string of the molecule is CN1CCN(c2nc(C(=O)N3CCCCC3)cs2)C1=O. The van der Waals surface area contributed by atoms with E-state index in [1.807, 2.05) is 4.90 Å². The summed E-state index contributed by atoms with van der Waals surface area (Å²) < 4.78 is 0. The van der Waals surface area contributed by atoms with Crippen LogP contribution in [-0.2, 0) is 0 Å². The van der Waals surface area contributed by atoms with E-state index in [4.69, 9.17) is 0 Å². The highest BCUT2D eigenvalue weighted by molar-refractivity contribution is 7.14. The maximum absolute atomic E-state index is 12.3. The van der Waals surface area contributed by atoms with Crippen molar-refractivity contribution >= 4 is 28.4 Å². The molecular weight excluding hydrogens is 276 g/mol. The van der Waals surface area contributed by atoms with Gasteiger partial charge in [-0.1, -0.05) is 0 Å². The molecule has 0 atom stereocenters. The third-order valence-electron chi connectivity index (χ3n) is 3.80. The molecule has 1 aromatic heterocycles. The predicted octanol–water partition coefficient (Wildman–Crippen LogP) is 1.64. The smallest absolute Gasteiger partial charge is 0.326 e. The van der Waals surface area contributed by atoms with E-state index in [1.165, 1.54) is 17.8 Å². The van der Waals surface area contributed by atoms with Gasteiger partial charge in [-0.05, 0) is 19.3 Å². The zero-order chi connectivity index (χ0) is 14.1. The van der Waals surface area contributed by atoms with E-state index < -0.39 is 0 Å². The third kappa shape index (κ3) is 2.37. The highest BCUT2D eigenvalue weighted by atomic mass is 32.1. The summed E-state index contributed by atoms with van der Waals surface area (Å²) in [5, 5.41) is 2.39. The highest BCUT2D eigenvalue weighted by Crippen LogP contribution is 2.25. The molecule has 2 fully saturated rings. The number of carbonyl (C=O) groups is 2. The van der Waals surface area contributed by atoms with Gasteiger partial charge in [-0.2, -0.15) is 0 Å². The molecule has 7 heteroatoms. The molecule has 108 valence electrons. The first kappa shape index (κ1) is 13.4. The summed E-state index contributed by atoms with van der Waals surface area (Å²) in [6.45, 7) is 2.97. The first-order valence-corrected chi connectivity index (χ1v) is 7.82. The van der Waals surface area contributed by atoms with Crippen molar-refractivity contribution in [2.75, 3.05) is 38.1 Å². The highest BCUT2D eigenvalue weighted by Gasteiger charge is 2.30. The minimum atomic E-state index is -0.0451. The lowest BCUT2D eigenvalue weighted by Gasteiger charge is -2.25. The van der Waals surface area contributed by atoms with Crippen molar-refractivity contribution < 1.29 is 9.59 Å². The van der Waals surface area contributed by atoms with Crippen molar-refractivity contribution in [2.45, 2.75) is 19.3 Å². The average Bonchev–Trinajstić information content (AvgIpc) is 3.08. The fraction of sp³-hybridized carbons (Fsp3) is 0.615. The lowest BCUT2D eigenvalue weighted by molar-refractivity contribution is 0.0719. The average molecular weight is 294 g/mol. The van der Waals surface area contributed by atoms with Crippen LogP contribution in [0.25, 0.3) is 0 Å². The molecular formula is C13H18N4O2S. The van der Waals surface area contributed by atoms with Crippen molar-refractivity contribution in [3.63, 3.8) is 0 Å². The Balaban J connectivity index is 1.73. The van der Waals surface area contributed by atoms with Gasteiger partial charge in [0.1, 0.15) is 5.69 Å². The Hall–Kier alpha value is -1.63. The number of likely N-dealkylation sites (N-methyl/N-ethyl adjacent to an activating group) is 1. The van der Waals surface area contributed by atoms with Crippen LogP contribution in [0.2, 0.25) is 0 Å². The number of rotatable bonds is 2. The normalized spacial score (nSPS) is 19.9. The summed E-state index contributed by atoms with van der Waals surface area (Å²) in [6.07, 6.45) is 3.33. The number of urea groups is 1. The quantitative estimate of drug-likeness (QED) is 0.833. The Labute approximate surface area is 122 Å². The summed E-state index contributed by atoms with van der Waals surface area (Å²) in [5.74, 6) is -0.00722. The molecule has 2 aliphatic rings. The zero-order valence-corrected chi connectivity index (χ0v) is 12.4. The monoisotopic (exact) mass is 294 g/mol. The second-order valence-corrected chi connectivity index (χ2v) is 6.06. The van der Waals surface area contributed by atoms with Gasteiger partial charge in [0.2, 0.25) is 0 Å². The van der Waals surface area contributed by atoms with Crippen LogP contribution in [0.3, 0.4) is 0 Å². The van der Waals surface area contributed by atoms with Crippen LogP contribution < -0.4 is 4.90 Å². The molecule has 2 saturated heterocycles. The molecule has 3 rings (SSSR count). The van der Waals surface area contributed by atoms with Crippen LogP contribution in [0.4, 0.5) is 9.93 Å². The standard InChI is InChI=1S/C13H18N4O2S/c1-15-7-8-17(13(15)19)12-14-10(9-20-12)11(18)16-5-3-2-4-6-16/h9H,2-8H2,1H3. The summed E-state index contributed by atoms with van der Waals surface area (Å²) in [7, 11) is 1.77. The minimum absolute atomic E-state index is 0.00722. The Morgan fingerprint density at radius 2 is 1.95 bits per heavy atom. The lowest BCUT2D eigenvalue weighted by Crippen LogP contribution is -2.36. The van der Waals surface area contributed by atoms with Gasteiger partial charge in [0.15, 0.2) is 5.13 Å². The molecule has 0 saturated carbocycles. The Bertz CT molecular complexity index is 524. The number of hydrogen-bond donors (Lipinski definition) is 0. The second-order valence-electron chi connectivity index (χ2n) is 5.22. The van der Waals surface area contributed by atoms with Crippen molar-refractivity contribution in [2.24, 2.45) is 0 Å². The van der Waals surface area contributed by atoms with Gasteiger partial charge in [-0.25, -0.2) is 9.78 Å². The molecule has 3 heterocycles. The van der Waals surface area contributed by atoms with Gasteiger partial charge >= 0.3 is 6.03 Å². The van der Waals surface area contributed by atoms with Crippen LogP contribution in [0, 0.1) is 0 Å². The van der Waals surface area contributed by atoms with Crippen LogP contribution >= 0.6 is 11.3 Å². The number of piperidine rings is 1. The number of anilines is 1. The number of carbonyl (C=O) groups excluding carboxylic acids is 2. The van der Waals surface area contributed by atoms with E-state index in [2.05, 4.69) is 4.98 Å². The molecule has 0 radical (unpaired) electrons. The van der Waals surface area contributed by atoms with Crippen LogP contribution in [0.5, 0.6) is 0 Å². The van der Waals surface area contributed by atoms with E-state index in [0.717, 1.165) is 25.9 Å². The molecule has 0 N–H and O–H groups in total. The minimum Gasteiger partial charge on any atom is -0.337 e. The van der Waals surface area contributed by atoms with Crippen molar-refractivity contribution in [3.8, 4) is 0 Å². The van der Waals surface area contributed by atoms with Gasteiger partial charge in [-0.15, -0.1) is 11.3 Å². The molecule has 0 aliphatic carbocycles. The Kier molecular flexibility index (Phi) is 3.60. The fourth-order valence-corrected chi connectivity index (χ4v) is 3.39. The van der Waals surface area contributed by atoms with Gasteiger partial charge < -0.3 is 9.80 Å². The molecule has 0 bridgehead atoms. The molecule has 3 amide bonds. The summed E-state index contributed by atoms with van der Waals surface area (Å²) in [4.78, 5) is 33.8. The topological polar surface area (TPSA) is 56.8 Å². The molecule has 0 spiro atoms. The second kappa shape index (κ2) is 5.40. The number of likely N-dealkylation sites (tertiary alicyclic amines) is 1. The first-order chi connectivity index (χ1) is 9.66. The van der Waals surface area contributed by atoms with E-state index in [-0.39, 0.29) is 11.9 Å². The number of aromatic nitrogens is 1. The van der Waals surface area contributed by atoms with Crippen LogP contribution in [0.1, 0.15) is 29.8 Å². The number of thiazole rings is 1. The molecule has 0 unspecified atom stereocenters. The van der Waals surface area contributed by atoms with Crippen molar-refractivity contribution in [1.82, 2.24) is 14.8 Å². The zero-order valence-electron chi connectivity index (χ0n) is 11.5. The predicted molar refractivity (Wildman–Crippen MR) is 77.2 cm³/mol. The van der Waals surface area contributed by atoms with E-state index >= 15 is 0 Å². The maximum Gasteiger partial charge on any atom is 0.326 e. The molecule has 1 aromatic rings. The van der Waals surface area contributed by atoms with Gasteiger partial charge in [0.05, 0.1) is 0 Å². The summed E-state index contributed by atoms with van der Waals surface area (Å²) >= 11 is 1.36. The van der Waals surface area contributed by atoms with Crippen molar-refractivity contribution in [3.05, 3.63) is 11.1 Å². The van der Waals surface area contributed by atoms with E-state index in [1.54, 1.807) is 22.2 Å². The van der Waals surface area contributed by atoms with Gasteiger partial charge in [-0.3, -0.25) is 9.69 Å². The summed E-state index contributed by atoms with van der Waals surface area (Å²) in [6, 6.07) is -0.0451. The van der Waals surface area contributed by atoms with Gasteiger partial charge in [0, 0.05) is 38.6 Å². The van der Waals surface area contributed by atoms with Gasteiger partial charge in [0.25, 0.3) is 5.91 Å². The first-order valence-electron chi connectivity index (χ1n) is 6.94. The van der Waals surface area contributed by atoms with E-state index in [0.29, 0.717) is 23.9 Å². The Morgan fingerprint density at radius 3 is 2.60 bits per heavy atom. The molecule has 2 aliphatic heterocycles. The number of amides is 3. The molecule has 0 aromatic carbocycles. The fourth-order valence-electron chi connectivity index (χ4n) is 2.57.